The van der Waals surface area contributed by atoms with E-state index in [1.807, 2.05) is 6.29 Å². The molecule has 0 saturated carbocycles. The molecule has 0 unspecified atom stereocenters. The van der Waals surface area contributed by atoms with Crippen molar-refractivity contribution < 1.29 is 58.6 Å². The van der Waals surface area contributed by atoms with Crippen LogP contribution >= 0.6 is 0 Å². The second kappa shape index (κ2) is 11.9. The van der Waals surface area contributed by atoms with Crippen molar-refractivity contribution in [3.63, 3.8) is 0 Å². The van der Waals surface area contributed by atoms with Crippen LogP contribution in [0.25, 0.3) is 0 Å². The minimum Gasteiger partial charge on any atom is -0.486 e. The Balaban J connectivity index is -0.000000405. The van der Waals surface area contributed by atoms with E-state index >= 15 is 0 Å². The molecule has 0 rings (SSSR count). The normalized spacial score (nSPS) is 10.2. The summed E-state index contributed by atoms with van der Waals surface area (Å²) in [5, 5.41) is 0. The predicted octanol–water partition coefficient (Wildman–Crippen LogP) is 2.06. The van der Waals surface area contributed by atoms with Crippen LogP contribution in [0.3, 0.4) is 0 Å². The van der Waals surface area contributed by atoms with Gasteiger partial charge in [0.15, 0.2) is 0 Å². The van der Waals surface area contributed by atoms with E-state index in [0.717, 1.165) is 18.4 Å². The van der Waals surface area contributed by atoms with Crippen LogP contribution in [0.5, 0.6) is 0 Å². The van der Waals surface area contributed by atoms with Gasteiger partial charge < -0.3 is 36.2 Å². The van der Waals surface area contributed by atoms with Crippen LogP contribution in [0, 0.1) is 20.3 Å². The standard InChI is InChI=1S/C9H12O.W.Y/c1-4-6-8(3)9(5-2)7-10;;/h5H,1,3-4,6H2,2H3;;/q-4;+2;/b9-8+;;. The van der Waals surface area contributed by atoms with E-state index in [1.54, 1.807) is 13.3 Å². The summed E-state index contributed by atoms with van der Waals surface area (Å²) in [6.07, 6.45) is 5.08. The fourth-order valence-corrected chi connectivity index (χ4v) is 0.683. The van der Waals surface area contributed by atoms with Gasteiger partial charge in [-0.15, -0.1) is 0 Å². The SMILES string of the molecule is [CH2-]CC/C([CH2-])=C(/[C-]=O)[CH-]C.[W+2].[Y]. The van der Waals surface area contributed by atoms with E-state index < -0.39 is 0 Å². The van der Waals surface area contributed by atoms with Crippen LogP contribution in [-0.4, -0.2) is 6.29 Å². The second-order valence-electron chi connectivity index (χ2n) is 2.01. The molecule has 0 N–H and O–H groups in total. The fourth-order valence-electron chi connectivity index (χ4n) is 0.683. The Morgan fingerprint density at radius 3 is 2.33 bits per heavy atom. The number of allylic oxidation sites excluding steroid dienone is 2. The maximum Gasteiger partial charge on any atom is 2.00 e. The summed E-state index contributed by atoms with van der Waals surface area (Å²) in [5.41, 5.74) is 1.40. The van der Waals surface area contributed by atoms with Gasteiger partial charge in [-0.1, -0.05) is 0 Å². The molecule has 0 saturated heterocycles. The summed E-state index contributed by atoms with van der Waals surface area (Å²) < 4.78 is 0. The molecular formula is C9H12OWY-2. The smallest absolute Gasteiger partial charge is 0.486 e. The maximum atomic E-state index is 10.2. The molecule has 0 aromatic rings. The molecule has 0 aromatic heterocycles. The van der Waals surface area contributed by atoms with Gasteiger partial charge in [0.05, 0.1) is 0 Å². The molecule has 0 aliphatic rings. The van der Waals surface area contributed by atoms with Crippen molar-refractivity contribution in [1.29, 1.82) is 0 Å². The van der Waals surface area contributed by atoms with Gasteiger partial charge in [-0.25, -0.2) is 12.7 Å². The average molecular weight is 409 g/mol. The Hall–Kier alpha value is 0.942. The molecule has 0 spiro atoms. The van der Waals surface area contributed by atoms with Gasteiger partial charge in [-0.05, 0) is 0 Å². The predicted molar refractivity (Wildman–Crippen MR) is 42.6 cm³/mol. The molecule has 0 amide bonds. The Morgan fingerprint density at radius 2 is 2.08 bits per heavy atom. The summed E-state index contributed by atoms with van der Waals surface area (Å²) in [7, 11) is 0. The quantitative estimate of drug-likeness (QED) is 0.514. The third-order valence-electron chi connectivity index (χ3n) is 1.26. The number of carbonyl (C=O) groups excluding carboxylic acids is 1. The average Bonchev–Trinajstić information content (AvgIpc) is 1.91. The van der Waals surface area contributed by atoms with Crippen LogP contribution in [0.15, 0.2) is 11.1 Å². The van der Waals surface area contributed by atoms with Gasteiger partial charge >= 0.3 is 21.1 Å². The molecular weight excluding hydrogens is 397 g/mol. The summed E-state index contributed by atoms with van der Waals surface area (Å²) in [4.78, 5) is 10.2. The van der Waals surface area contributed by atoms with Gasteiger partial charge in [0.1, 0.15) is 0 Å². The minimum absolute atomic E-state index is 0. The number of rotatable bonds is 4. The van der Waals surface area contributed by atoms with E-state index in [0.29, 0.717) is 5.57 Å². The molecule has 0 fully saturated rings. The molecule has 0 aliphatic heterocycles. The van der Waals surface area contributed by atoms with E-state index in [-0.39, 0.29) is 53.8 Å². The first-order valence-corrected chi connectivity index (χ1v) is 3.28. The van der Waals surface area contributed by atoms with Crippen molar-refractivity contribution in [3.05, 3.63) is 31.4 Å². The zero-order valence-electron chi connectivity index (χ0n) is 7.30. The summed E-state index contributed by atoms with van der Waals surface area (Å²) in [5.74, 6) is 0. The summed E-state index contributed by atoms with van der Waals surface area (Å²) in [6, 6.07) is 0. The number of hydrogen-bond acceptors (Lipinski definition) is 1. The molecule has 12 heavy (non-hydrogen) atoms. The molecule has 0 heterocycles. The van der Waals surface area contributed by atoms with Crippen molar-refractivity contribution in [1.82, 2.24) is 0 Å². The zero-order chi connectivity index (χ0) is 7.98. The molecule has 0 aromatic carbocycles. The van der Waals surface area contributed by atoms with E-state index in [4.69, 9.17) is 0 Å². The Kier molecular flexibility index (Phi) is 18.6. The Bertz CT molecular complexity index is 143. The van der Waals surface area contributed by atoms with Crippen molar-refractivity contribution in [2.24, 2.45) is 0 Å². The molecule has 0 aliphatic carbocycles. The van der Waals surface area contributed by atoms with E-state index in [2.05, 4.69) is 13.8 Å². The largest absolute Gasteiger partial charge is 2.00 e. The van der Waals surface area contributed by atoms with Gasteiger partial charge in [0.25, 0.3) is 0 Å². The molecule has 1 nitrogen and oxygen atoms in total. The molecule has 1 radical (unpaired) electrons. The Morgan fingerprint density at radius 1 is 1.58 bits per heavy atom. The van der Waals surface area contributed by atoms with Crippen LogP contribution in [0.4, 0.5) is 0 Å². The first-order valence-electron chi connectivity index (χ1n) is 3.28. The fraction of sp³-hybridized carbons (Fsp3) is 0.333. The third kappa shape index (κ3) is 7.58. The van der Waals surface area contributed by atoms with Gasteiger partial charge in [0, 0.05) is 32.7 Å². The molecule has 3 heteroatoms. The first-order chi connectivity index (χ1) is 4.76. The number of hydrogen-bond donors (Lipinski definition) is 0. The van der Waals surface area contributed by atoms with Crippen molar-refractivity contribution in [2.45, 2.75) is 19.8 Å². The maximum absolute atomic E-state index is 10.2. The van der Waals surface area contributed by atoms with Gasteiger partial charge in [-0.3, -0.25) is 0 Å². The summed E-state index contributed by atoms with van der Waals surface area (Å²) >= 11 is 0. The monoisotopic (exact) mass is 409 g/mol. The second-order valence-corrected chi connectivity index (χ2v) is 2.01. The van der Waals surface area contributed by atoms with Crippen molar-refractivity contribution >= 4 is 6.29 Å². The van der Waals surface area contributed by atoms with E-state index in [1.165, 1.54) is 0 Å². The van der Waals surface area contributed by atoms with E-state index in [9.17, 15) is 4.79 Å². The zero-order valence-corrected chi connectivity index (χ0v) is 13.1. The van der Waals surface area contributed by atoms with Crippen LogP contribution < -0.4 is 0 Å². The third-order valence-corrected chi connectivity index (χ3v) is 1.26. The van der Waals surface area contributed by atoms with Gasteiger partial charge in [-0.2, -0.15) is 13.3 Å². The van der Waals surface area contributed by atoms with Gasteiger partial charge in [0.2, 0.25) is 0 Å². The minimum atomic E-state index is 0. The summed E-state index contributed by atoms with van der Waals surface area (Å²) in [6.45, 7) is 9.17. The van der Waals surface area contributed by atoms with Crippen LogP contribution in [-0.2, 0) is 58.6 Å². The van der Waals surface area contributed by atoms with Crippen molar-refractivity contribution in [3.8, 4) is 0 Å². The van der Waals surface area contributed by atoms with Crippen LogP contribution in [0.1, 0.15) is 19.8 Å². The van der Waals surface area contributed by atoms with Crippen LogP contribution in [0.2, 0.25) is 0 Å². The molecule has 0 atom stereocenters. The topological polar surface area (TPSA) is 17.1 Å². The molecule has 65 valence electrons. The molecule has 0 bridgehead atoms. The van der Waals surface area contributed by atoms with Crippen molar-refractivity contribution in [2.75, 3.05) is 0 Å². The first kappa shape index (κ1) is 18.7. The Labute approximate surface area is 115 Å².